The quantitative estimate of drug-likeness (QED) is 0.877. The molecule has 0 aliphatic rings. The van der Waals surface area contributed by atoms with Gasteiger partial charge in [0.15, 0.2) is 0 Å². The first-order valence-electron chi connectivity index (χ1n) is 7.24. The molecule has 0 bridgehead atoms. The van der Waals surface area contributed by atoms with Crippen LogP contribution in [0.3, 0.4) is 0 Å². The number of nitrogens with two attached hydrogens (primary N) is 1. The normalized spacial score (nSPS) is 13.4. The van der Waals surface area contributed by atoms with Crippen LogP contribution < -0.4 is 5.73 Å². The van der Waals surface area contributed by atoms with Crippen LogP contribution in [-0.4, -0.2) is 27.4 Å². The Labute approximate surface area is 125 Å². The minimum atomic E-state index is -0.701. The van der Waals surface area contributed by atoms with Crippen LogP contribution in [0.1, 0.15) is 33.4 Å². The number of carbonyl (C=O) groups excluding carboxylic acids is 1. The highest BCUT2D eigenvalue weighted by molar-refractivity contribution is 5.83. The molecule has 2 N–H and O–H groups in total. The van der Waals surface area contributed by atoms with Crippen LogP contribution in [0.4, 0.5) is 0 Å². The van der Waals surface area contributed by atoms with Gasteiger partial charge in [-0.3, -0.25) is 9.48 Å². The fraction of sp³-hybridized carbons (Fsp3) is 0.500. The van der Waals surface area contributed by atoms with Crippen LogP contribution >= 0.6 is 0 Å². The Morgan fingerprint density at radius 1 is 1.38 bits per heavy atom. The third-order valence-electron chi connectivity index (χ3n) is 3.16. The van der Waals surface area contributed by atoms with Gasteiger partial charge in [0.1, 0.15) is 11.6 Å². The first kappa shape index (κ1) is 15.5. The summed E-state index contributed by atoms with van der Waals surface area (Å²) in [5, 5.41) is 5.60. The number of hydrogen-bond donors (Lipinski definition) is 1. The molecule has 0 amide bonds. The number of carbonyl (C=O) groups is 1. The summed E-state index contributed by atoms with van der Waals surface area (Å²) in [6, 6.07) is 7.27. The van der Waals surface area contributed by atoms with Gasteiger partial charge in [0.05, 0.1) is 11.2 Å². The van der Waals surface area contributed by atoms with Gasteiger partial charge in [0.2, 0.25) is 0 Å². The first-order valence-corrected chi connectivity index (χ1v) is 7.24. The summed E-state index contributed by atoms with van der Waals surface area (Å²) >= 11 is 0. The van der Waals surface area contributed by atoms with Crippen molar-refractivity contribution in [3.8, 4) is 0 Å². The Balaban J connectivity index is 2.22. The molecular formula is C16H23N3O2. The molecule has 1 heterocycles. The molecule has 1 unspecified atom stereocenters. The van der Waals surface area contributed by atoms with Crippen molar-refractivity contribution in [2.75, 3.05) is 0 Å². The molecule has 0 fully saturated rings. The number of rotatable bonds is 4. The van der Waals surface area contributed by atoms with E-state index in [0.29, 0.717) is 6.42 Å². The second-order valence-electron chi connectivity index (χ2n) is 6.12. The van der Waals surface area contributed by atoms with E-state index in [0.717, 1.165) is 23.1 Å². The Morgan fingerprint density at radius 2 is 2.05 bits per heavy atom. The van der Waals surface area contributed by atoms with E-state index in [-0.39, 0.29) is 0 Å². The topological polar surface area (TPSA) is 70.1 Å². The smallest absolute Gasteiger partial charge is 0.323 e. The van der Waals surface area contributed by atoms with E-state index in [1.165, 1.54) is 0 Å². The van der Waals surface area contributed by atoms with Crippen molar-refractivity contribution < 1.29 is 9.53 Å². The van der Waals surface area contributed by atoms with Crippen molar-refractivity contribution in [2.45, 2.75) is 52.3 Å². The molecule has 1 aromatic carbocycles. The molecule has 1 atom stereocenters. The minimum Gasteiger partial charge on any atom is -0.459 e. The minimum absolute atomic E-state index is 0.377. The highest BCUT2D eigenvalue weighted by Crippen LogP contribution is 2.20. The zero-order valence-corrected chi connectivity index (χ0v) is 13.1. The van der Waals surface area contributed by atoms with Crippen LogP contribution in [-0.2, 0) is 22.5 Å². The van der Waals surface area contributed by atoms with E-state index < -0.39 is 17.6 Å². The van der Waals surface area contributed by atoms with Gasteiger partial charge in [-0.25, -0.2) is 0 Å². The lowest BCUT2D eigenvalue weighted by atomic mass is 10.1. The van der Waals surface area contributed by atoms with E-state index in [1.54, 1.807) is 0 Å². The Bertz CT molecular complexity index is 640. The molecule has 0 saturated heterocycles. The molecule has 0 radical (unpaired) electrons. The molecule has 0 spiro atoms. The van der Waals surface area contributed by atoms with E-state index >= 15 is 0 Å². The van der Waals surface area contributed by atoms with Gasteiger partial charge in [-0.15, -0.1) is 0 Å². The summed E-state index contributed by atoms with van der Waals surface area (Å²) < 4.78 is 7.24. The van der Waals surface area contributed by atoms with Crippen molar-refractivity contribution in [3.05, 3.63) is 30.0 Å². The number of aryl methyl sites for hydroxylation is 1. The van der Waals surface area contributed by atoms with Gasteiger partial charge in [-0.2, -0.15) is 5.10 Å². The predicted molar refractivity (Wildman–Crippen MR) is 82.9 cm³/mol. The van der Waals surface area contributed by atoms with Crippen molar-refractivity contribution in [1.82, 2.24) is 9.78 Å². The SMILES string of the molecule is CCn1nc(CC(N)C(=O)OC(C)(C)C)c2ccccc21. The second kappa shape index (κ2) is 5.85. The maximum absolute atomic E-state index is 12.0. The molecule has 2 aromatic rings. The van der Waals surface area contributed by atoms with Crippen LogP contribution in [0.15, 0.2) is 24.3 Å². The number of nitrogens with zero attached hydrogens (tertiary/aromatic N) is 2. The van der Waals surface area contributed by atoms with Crippen LogP contribution in [0.2, 0.25) is 0 Å². The summed E-state index contributed by atoms with van der Waals surface area (Å²) in [4.78, 5) is 12.0. The van der Waals surface area contributed by atoms with Gasteiger partial charge in [0, 0.05) is 18.4 Å². The van der Waals surface area contributed by atoms with E-state index in [2.05, 4.69) is 5.10 Å². The van der Waals surface area contributed by atoms with Crippen LogP contribution in [0.25, 0.3) is 10.9 Å². The molecular weight excluding hydrogens is 266 g/mol. The molecule has 1 aromatic heterocycles. The fourth-order valence-corrected chi connectivity index (χ4v) is 2.26. The molecule has 2 rings (SSSR count). The number of ether oxygens (including phenoxy) is 1. The standard InChI is InChI=1S/C16H23N3O2/c1-5-19-14-9-7-6-8-11(14)13(18-19)10-12(17)15(20)21-16(2,3)4/h6-9,12H,5,10,17H2,1-4H3. The van der Waals surface area contributed by atoms with Crippen LogP contribution in [0, 0.1) is 0 Å². The number of aromatic nitrogens is 2. The summed E-state index contributed by atoms with van der Waals surface area (Å²) in [5.41, 5.74) is 7.35. The average molecular weight is 289 g/mol. The second-order valence-corrected chi connectivity index (χ2v) is 6.12. The lowest BCUT2D eigenvalue weighted by Gasteiger charge is -2.21. The summed E-state index contributed by atoms with van der Waals surface area (Å²) in [5.74, 6) is -0.391. The molecule has 0 saturated carbocycles. The maximum atomic E-state index is 12.0. The van der Waals surface area contributed by atoms with Crippen molar-refractivity contribution >= 4 is 16.9 Å². The van der Waals surface area contributed by atoms with Gasteiger partial charge in [-0.1, -0.05) is 18.2 Å². The van der Waals surface area contributed by atoms with E-state index in [1.807, 2.05) is 56.6 Å². The Kier molecular flexibility index (Phi) is 4.32. The van der Waals surface area contributed by atoms with Gasteiger partial charge < -0.3 is 10.5 Å². The highest BCUT2D eigenvalue weighted by Gasteiger charge is 2.24. The van der Waals surface area contributed by atoms with Gasteiger partial charge >= 0.3 is 5.97 Å². The van der Waals surface area contributed by atoms with Crippen LogP contribution in [0.5, 0.6) is 0 Å². The average Bonchev–Trinajstić information content (AvgIpc) is 2.75. The van der Waals surface area contributed by atoms with E-state index in [9.17, 15) is 4.79 Å². The van der Waals surface area contributed by atoms with E-state index in [4.69, 9.17) is 10.5 Å². The third-order valence-corrected chi connectivity index (χ3v) is 3.16. The number of para-hydroxylation sites is 1. The highest BCUT2D eigenvalue weighted by atomic mass is 16.6. The predicted octanol–water partition coefficient (Wildman–Crippen LogP) is 2.27. The number of esters is 1. The number of benzene rings is 1. The largest absolute Gasteiger partial charge is 0.459 e. The van der Waals surface area contributed by atoms with Crippen molar-refractivity contribution in [3.63, 3.8) is 0 Å². The molecule has 0 aliphatic heterocycles. The summed E-state index contributed by atoms with van der Waals surface area (Å²) in [7, 11) is 0. The lowest BCUT2D eigenvalue weighted by molar-refractivity contribution is -0.156. The van der Waals surface area contributed by atoms with Crippen molar-refractivity contribution in [1.29, 1.82) is 0 Å². The van der Waals surface area contributed by atoms with Gasteiger partial charge in [0.25, 0.3) is 0 Å². The van der Waals surface area contributed by atoms with Crippen molar-refractivity contribution in [2.24, 2.45) is 5.73 Å². The molecule has 5 heteroatoms. The third kappa shape index (κ3) is 3.61. The first-order chi connectivity index (χ1) is 9.81. The fourth-order valence-electron chi connectivity index (χ4n) is 2.26. The lowest BCUT2D eigenvalue weighted by Crippen LogP contribution is -2.39. The number of fused-ring (bicyclic) bond motifs is 1. The summed E-state index contributed by atoms with van der Waals surface area (Å²) in [6.07, 6.45) is 0.377. The number of hydrogen-bond acceptors (Lipinski definition) is 4. The zero-order valence-electron chi connectivity index (χ0n) is 13.1. The zero-order chi connectivity index (χ0) is 15.6. The maximum Gasteiger partial charge on any atom is 0.323 e. The van der Waals surface area contributed by atoms with Gasteiger partial charge in [-0.05, 0) is 33.8 Å². The molecule has 114 valence electrons. The monoisotopic (exact) mass is 289 g/mol. The molecule has 5 nitrogen and oxygen atoms in total. The Hall–Kier alpha value is -1.88. The summed E-state index contributed by atoms with van der Waals surface area (Å²) in [6.45, 7) is 8.32. The molecule has 21 heavy (non-hydrogen) atoms. The molecule has 0 aliphatic carbocycles. The Morgan fingerprint density at radius 3 is 2.67 bits per heavy atom.